The molecule has 142 valence electrons. The van der Waals surface area contributed by atoms with E-state index in [0.29, 0.717) is 31.8 Å². The highest BCUT2D eigenvalue weighted by molar-refractivity contribution is 5.85. The van der Waals surface area contributed by atoms with Crippen molar-refractivity contribution < 1.29 is 19.1 Å². The molecule has 1 atom stereocenters. The summed E-state index contributed by atoms with van der Waals surface area (Å²) in [6.45, 7) is 3.37. The smallest absolute Gasteiger partial charge is 0.227 e. The van der Waals surface area contributed by atoms with Crippen LogP contribution in [0.15, 0.2) is 47.1 Å². The summed E-state index contributed by atoms with van der Waals surface area (Å²) >= 11 is 0. The summed E-state index contributed by atoms with van der Waals surface area (Å²) < 4.78 is 10.4. The fourth-order valence-electron chi connectivity index (χ4n) is 3.06. The zero-order valence-electron chi connectivity index (χ0n) is 14.8. The van der Waals surface area contributed by atoms with Gasteiger partial charge >= 0.3 is 0 Å². The van der Waals surface area contributed by atoms with E-state index in [0.717, 1.165) is 24.4 Å². The second kappa shape index (κ2) is 9.62. The van der Waals surface area contributed by atoms with Crippen LogP contribution in [0.1, 0.15) is 17.4 Å². The highest BCUT2D eigenvalue weighted by atomic mass is 35.5. The van der Waals surface area contributed by atoms with Gasteiger partial charge in [-0.1, -0.05) is 12.1 Å². The molecule has 1 N–H and O–H groups in total. The molecule has 1 fully saturated rings. The topological polar surface area (TPSA) is 66.2 Å². The van der Waals surface area contributed by atoms with E-state index in [2.05, 4.69) is 4.90 Å². The van der Waals surface area contributed by atoms with Gasteiger partial charge in [0.25, 0.3) is 0 Å². The van der Waals surface area contributed by atoms with Gasteiger partial charge in [-0.05, 0) is 29.8 Å². The average Bonchev–Trinajstić information content (AvgIpc) is 3.17. The zero-order chi connectivity index (χ0) is 17.6. The van der Waals surface area contributed by atoms with E-state index in [1.165, 1.54) is 0 Å². The summed E-state index contributed by atoms with van der Waals surface area (Å²) in [7, 11) is 1.62. The lowest BCUT2D eigenvalue weighted by atomic mass is 10.1. The van der Waals surface area contributed by atoms with E-state index in [-0.39, 0.29) is 18.3 Å². The number of halogens is 1. The Balaban J connectivity index is 0.00000243. The van der Waals surface area contributed by atoms with Crippen LogP contribution in [0.5, 0.6) is 5.75 Å². The van der Waals surface area contributed by atoms with Gasteiger partial charge in [-0.2, -0.15) is 0 Å². The van der Waals surface area contributed by atoms with Crippen LogP contribution < -0.4 is 4.74 Å². The quantitative estimate of drug-likeness (QED) is 0.831. The number of hydrogen-bond acceptors (Lipinski definition) is 5. The third kappa shape index (κ3) is 5.24. The van der Waals surface area contributed by atoms with E-state index in [9.17, 15) is 9.90 Å². The molecule has 1 aliphatic rings. The molecule has 1 aliphatic heterocycles. The SMILES string of the molecule is COc1cccc(CC(=O)N2CCN(CC(O)c3ccco3)CC2)c1.Cl. The summed E-state index contributed by atoms with van der Waals surface area (Å²) in [6, 6.07) is 11.2. The third-order valence-electron chi connectivity index (χ3n) is 4.52. The molecular weight excluding hydrogens is 356 g/mol. The monoisotopic (exact) mass is 380 g/mol. The van der Waals surface area contributed by atoms with Crippen molar-refractivity contribution >= 4 is 18.3 Å². The number of aliphatic hydroxyl groups is 1. The molecule has 3 rings (SSSR count). The van der Waals surface area contributed by atoms with Gasteiger partial charge in [-0.3, -0.25) is 9.69 Å². The number of carbonyl (C=O) groups is 1. The van der Waals surface area contributed by atoms with Gasteiger partial charge in [-0.15, -0.1) is 12.4 Å². The molecule has 0 aliphatic carbocycles. The molecule has 0 radical (unpaired) electrons. The summed E-state index contributed by atoms with van der Waals surface area (Å²) in [4.78, 5) is 16.5. The van der Waals surface area contributed by atoms with E-state index < -0.39 is 6.10 Å². The number of ether oxygens (including phenoxy) is 1. The van der Waals surface area contributed by atoms with Crippen molar-refractivity contribution in [1.29, 1.82) is 0 Å². The number of hydrogen-bond donors (Lipinski definition) is 1. The summed E-state index contributed by atoms with van der Waals surface area (Å²) in [6.07, 6.45) is 1.31. The second-order valence-electron chi connectivity index (χ2n) is 6.24. The Hall–Kier alpha value is -2.02. The summed E-state index contributed by atoms with van der Waals surface area (Å²) in [5.41, 5.74) is 0.958. The maximum absolute atomic E-state index is 12.5. The van der Waals surface area contributed by atoms with E-state index >= 15 is 0 Å². The standard InChI is InChI=1S/C19H24N2O4.ClH/c1-24-16-5-2-4-15(12-16)13-19(23)21-9-7-20(8-10-21)14-17(22)18-6-3-11-25-18;/h2-6,11-12,17,22H,7-10,13-14H2,1H3;1H. The predicted octanol–water partition coefficient (Wildman–Crippen LogP) is 2.13. The first-order valence-corrected chi connectivity index (χ1v) is 8.50. The first-order chi connectivity index (χ1) is 12.2. The molecule has 1 aromatic heterocycles. The number of amides is 1. The molecule has 6 nitrogen and oxygen atoms in total. The molecule has 1 aromatic carbocycles. The van der Waals surface area contributed by atoms with Crippen LogP contribution in [-0.4, -0.2) is 60.6 Å². The lowest BCUT2D eigenvalue weighted by molar-refractivity contribution is -0.132. The third-order valence-corrected chi connectivity index (χ3v) is 4.52. The van der Waals surface area contributed by atoms with Gasteiger partial charge < -0.3 is 19.2 Å². The normalized spacial score (nSPS) is 16.0. The summed E-state index contributed by atoms with van der Waals surface area (Å²) in [5, 5.41) is 10.2. The molecule has 0 saturated carbocycles. The Morgan fingerprint density at radius 3 is 2.65 bits per heavy atom. The van der Waals surface area contributed by atoms with Gasteiger partial charge in [0, 0.05) is 32.7 Å². The van der Waals surface area contributed by atoms with Gasteiger partial charge in [0.2, 0.25) is 5.91 Å². The van der Waals surface area contributed by atoms with Crippen molar-refractivity contribution in [3.63, 3.8) is 0 Å². The first kappa shape index (κ1) is 20.3. The van der Waals surface area contributed by atoms with Gasteiger partial charge in [0.1, 0.15) is 17.6 Å². The molecule has 0 bridgehead atoms. The minimum absolute atomic E-state index is 0. The van der Waals surface area contributed by atoms with Gasteiger partial charge in [0.15, 0.2) is 0 Å². The van der Waals surface area contributed by atoms with Crippen LogP contribution in [0.25, 0.3) is 0 Å². The molecule has 1 saturated heterocycles. The maximum Gasteiger partial charge on any atom is 0.227 e. The molecule has 2 heterocycles. The lowest BCUT2D eigenvalue weighted by Crippen LogP contribution is -2.50. The maximum atomic E-state index is 12.5. The van der Waals surface area contributed by atoms with E-state index in [4.69, 9.17) is 9.15 Å². The van der Waals surface area contributed by atoms with Gasteiger partial charge in [0.05, 0.1) is 19.8 Å². The molecule has 1 unspecified atom stereocenters. The Morgan fingerprint density at radius 2 is 2.00 bits per heavy atom. The number of piperazine rings is 1. The minimum atomic E-state index is -0.631. The molecular formula is C19H25ClN2O4. The second-order valence-corrected chi connectivity index (χ2v) is 6.24. The van der Waals surface area contributed by atoms with E-state index in [1.54, 1.807) is 25.5 Å². The Kier molecular flexibility index (Phi) is 7.50. The van der Waals surface area contributed by atoms with Crippen LogP contribution in [0, 0.1) is 0 Å². The number of benzene rings is 1. The lowest BCUT2D eigenvalue weighted by Gasteiger charge is -2.35. The van der Waals surface area contributed by atoms with Crippen LogP contribution in [-0.2, 0) is 11.2 Å². The van der Waals surface area contributed by atoms with Crippen molar-refractivity contribution in [2.24, 2.45) is 0 Å². The number of nitrogens with zero attached hydrogens (tertiary/aromatic N) is 2. The Labute approximate surface area is 159 Å². The van der Waals surface area contributed by atoms with Crippen molar-refractivity contribution in [1.82, 2.24) is 9.80 Å². The average molecular weight is 381 g/mol. The van der Waals surface area contributed by atoms with Crippen LogP contribution in [0.4, 0.5) is 0 Å². The van der Waals surface area contributed by atoms with Crippen molar-refractivity contribution in [2.75, 3.05) is 39.8 Å². The van der Waals surface area contributed by atoms with Crippen LogP contribution >= 0.6 is 12.4 Å². The van der Waals surface area contributed by atoms with Crippen molar-refractivity contribution in [3.8, 4) is 5.75 Å². The minimum Gasteiger partial charge on any atom is -0.497 e. The van der Waals surface area contributed by atoms with E-state index in [1.807, 2.05) is 29.2 Å². The summed E-state index contributed by atoms with van der Waals surface area (Å²) in [5.74, 6) is 1.47. The molecule has 7 heteroatoms. The Bertz CT molecular complexity index is 685. The number of β-amino-alcohol motifs (C(OH)–C–C–N with tert-alkyl or cyclic N) is 1. The van der Waals surface area contributed by atoms with Crippen LogP contribution in [0.3, 0.4) is 0 Å². The highest BCUT2D eigenvalue weighted by Gasteiger charge is 2.23. The molecule has 2 aromatic rings. The largest absolute Gasteiger partial charge is 0.497 e. The zero-order valence-corrected chi connectivity index (χ0v) is 15.7. The number of methoxy groups -OCH3 is 1. The fraction of sp³-hybridized carbons (Fsp3) is 0.421. The van der Waals surface area contributed by atoms with Crippen molar-refractivity contribution in [2.45, 2.75) is 12.5 Å². The predicted molar refractivity (Wildman–Crippen MR) is 101 cm³/mol. The number of carbonyl (C=O) groups excluding carboxylic acids is 1. The highest BCUT2D eigenvalue weighted by Crippen LogP contribution is 2.17. The Morgan fingerprint density at radius 1 is 1.23 bits per heavy atom. The number of rotatable bonds is 6. The van der Waals surface area contributed by atoms with Crippen molar-refractivity contribution in [3.05, 3.63) is 54.0 Å². The van der Waals surface area contributed by atoms with Crippen LogP contribution in [0.2, 0.25) is 0 Å². The molecule has 26 heavy (non-hydrogen) atoms. The van der Waals surface area contributed by atoms with Gasteiger partial charge in [-0.25, -0.2) is 0 Å². The number of aliphatic hydroxyl groups excluding tert-OH is 1. The molecule has 0 spiro atoms. The first-order valence-electron chi connectivity index (χ1n) is 8.50. The fourth-order valence-corrected chi connectivity index (χ4v) is 3.06. The molecule has 1 amide bonds. The number of furan rings is 1.